The lowest BCUT2D eigenvalue weighted by molar-refractivity contribution is -0.151. The molecular formula is C14H20O3. The fourth-order valence-corrected chi connectivity index (χ4v) is 1.44. The van der Waals surface area contributed by atoms with E-state index in [1.54, 1.807) is 0 Å². The predicted octanol–water partition coefficient (Wildman–Crippen LogP) is 2.94. The molecule has 1 aromatic rings. The van der Waals surface area contributed by atoms with Gasteiger partial charge in [-0.2, -0.15) is 0 Å². The summed E-state index contributed by atoms with van der Waals surface area (Å²) < 4.78 is 10.6. The number of rotatable bonds is 7. The Kier molecular flexibility index (Phi) is 6.33. The van der Waals surface area contributed by atoms with E-state index in [0.717, 1.165) is 12.0 Å². The molecule has 94 valence electrons. The number of esters is 1. The van der Waals surface area contributed by atoms with Gasteiger partial charge in [0.05, 0.1) is 13.2 Å². The van der Waals surface area contributed by atoms with Gasteiger partial charge in [0, 0.05) is 6.42 Å². The molecule has 0 aliphatic rings. The molecule has 0 spiro atoms. The summed E-state index contributed by atoms with van der Waals surface area (Å²) in [7, 11) is 0. The van der Waals surface area contributed by atoms with E-state index in [1.165, 1.54) is 0 Å². The zero-order chi connectivity index (χ0) is 12.5. The van der Waals surface area contributed by atoms with Crippen LogP contribution in [-0.4, -0.2) is 18.7 Å². The highest BCUT2D eigenvalue weighted by atomic mass is 16.6. The molecule has 1 aromatic carbocycles. The van der Waals surface area contributed by atoms with Crippen LogP contribution in [0.3, 0.4) is 0 Å². The summed E-state index contributed by atoms with van der Waals surface area (Å²) in [6, 6.07) is 9.94. The van der Waals surface area contributed by atoms with Crippen molar-refractivity contribution < 1.29 is 14.3 Å². The van der Waals surface area contributed by atoms with Crippen molar-refractivity contribution >= 4 is 5.97 Å². The van der Waals surface area contributed by atoms with Crippen molar-refractivity contribution in [2.45, 2.75) is 39.4 Å². The minimum Gasteiger partial charge on any atom is -0.460 e. The van der Waals surface area contributed by atoms with Crippen LogP contribution in [0.25, 0.3) is 0 Å². The predicted molar refractivity (Wildman–Crippen MR) is 66.6 cm³/mol. The zero-order valence-electron chi connectivity index (χ0n) is 10.5. The molecule has 0 N–H and O–H groups in total. The van der Waals surface area contributed by atoms with Crippen molar-refractivity contribution in [2.75, 3.05) is 6.61 Å². The van der Waals surface area contributed by atoms with E-state index in [9.17, 15) is 4.79 Å². The maximum absolute atomic E-state index is 11.2. The fourth-order valence-electron chi connectivity index (χ4n) is 1.44. The largest absolute Gasteiger partial charge is 0.460 e. The standard InChI is InChI=1S/C14H20O3/c1-3-7-14(15)17-12(2)10-16-11-13-8-5-4-6-9-13/h4-6,8-9,12H,3,7,10-11H2,1-2H3/t12-/m1/s1. The van der Waals surface area contributed by atoms with E-state index in [0.29, 0.717) is 19.6 Å². The topological polar surface area (TPSA) is 35.5 Å². The molecule has 17 heavy (non-hydrogen) atoms. The number of carbonyl (C=O) groups is 1. The minimum absolute atomic E-state index is 0.150. The third kappa shape index (κ3) is 6.07. The molecule has 3 heteroatoms. The van der Waals surface area contributed by atoms with Crippen molar-refractivity contribution in [3.8, 4) is 0 Å². The molecular weight excluding hydrogens is 216 g/mol. The fraction of sp³-hybridized carbons (Fsp3) is 0.500. The van der Waals surface area contributed by atoms with Crippen LogP contribution in [0.4, 0.5) is 0 Å². The van der Waals surface area contributed by atoms with Crippen molar-refractivity contribution in [3.63, 3.8) is 0 Å². The second-order valence-electron chi connectivity index (χ2n) is 4.05. The van der Waals surface area contributed by atoms with E-state index < -0.39 is 0 Å². The average Bonchev–Trinajstić information content (AvgIpc) is 2.30. The van der Waals surface area contributed by atoms with Crippen LogP contribution in [0.1, 0.15) is 32.3 Å². The summed E-state index contributed by atoms with van der Waals surface area (Å²) >= 11 is 0. The van der Waals surface area contributed by atoms with E-state index in [4.69, 9.17) is 9.47 Å². The van der Waals surface area contributed by atoms with Gasteiger partial charge in [-0.05, 0) is 18.9 Å². The molecule has 0 amide bonds. The van der Waals surface area contributed by atoms with E-state index in [-0.39, 0.29) is 12.1 Å². The number of benzene rings is 1. The zero-order valence-corrected chi connectivity index (χ0v) is 10.5. The number of hydrogen-bond donors (Lipinski definition) is 0. The molecule has 0 fully saturated rings. The van der Waals surface area contributed by atoms with Gasteiger partial charge in [0.15, 0.2) is 0 Å². The van der Waals surface area contributed by atoms with Crippen LogP contribution < -0.4 is 0 Å². The smallest absolute Gasteiger partial charge is 0.306 e. The summed E-state index contributed by atoms with van der Waals surface area (Å²) in [5.74, 6) is -0.150. The highest BCUT2D eigenvalue weighted by Gasteiger charge is 2.08. The second-order valence-corrected chi connectivity index (χ2v) is 4.05. The Labute approximate surface area is 103 Å². The van der Waals surface area contributed by atoms with Crippen LogP contribution in [0, 0.1) is 0 Å². The van der Waals surface area contributed by atoms with E-state index >= 15 is 0 Å². The first-order valence-corrected chi connectivity index (χ1v) is 6.03. The molecule has 0 aliphatic carbocycles. The molecule has 0 unspecified atom stereocenters. The van der Waals surface area contributed by atoms with Crippen molar-refractivity contribution in [2.24, 2.45) is 0 Å². The molecule has 1 atom stereocenters. The number of hydrogen-bond acceptors (Lipinski definition) is 3. The van der Waals surface area contributed by atoms with Gasteiger partial charge < -0.3 is 9.47 Å². The van der Waals surface area contributed by atoms with Crippen molar-refractivity contribution in [1.29, 1.82) is 0 Å². The van der Waals surface area contributed by atoms with Gasteiger partial charge in [0.1, 0.15) is 6.10 Å². The van der Waals surface area contributed by atoms with Gasteiger partial charge >= 0.3 is 5.97 Å². The normalized spacial score (nSPS) is 12.1. The quantitative estimate of drug-likeness (QED) is 0.683. The van der Waals surface area contributed by atoms with E-state index in [1.807, 2.05) is 44.2 Å². The molecule has 0 aliphatic heterocycles. The Morgan fingerprint density at radius 1 is 1.29 bits per heavy atom. The molecule has 0 aromatic heterocycles. The summed E-state index contributed by atoms with van der Waals surface area (Å²) in [6.07, 6.45) is 1.11. The summed E-state index contributed by atoms with van der Waals surface area (Å²) in [6.45, 7) is 4.79. The van der Waals surface area contributed by atoms with Crippen molar-refractivity contribution in [1.82, 2.24) is 0 Å². The molecule has 1 rings (SSSR count). The van der Waals surface area contributed by atoms with Crippen LogP contribution in [0.2, 0.25) is 0 Å². The number of ether oxygens (including phenoxy) is 2. The maximum Gasteiger partial charge on any atom is 0.306 e. The lowest BCUT2D eigenvalue weighted by Crippen LogP contribution is -2.20. The first-order valence-electron chi connectivity index (χ1n) is 6.03. The molecule has 0 saturated carbocycles. The second kappa shape index (κ2) is 7.85. The Morgan fingerprint density at radius 2 is 2.00 bits per heavy atom. The Balaban J connectivity index is 2.16. The lowest BCUT2D eigenvalue weighted by Gasteiger charge is -2.13. The Hall–Kier alpha value is -1.35. The van der Waals surface area contributed by atoms with Gasteiger partial charge in [-0.15, -0.1) is 0 Å². The summed E-state index contributed by atoms with van der Waals surface area (Å²) in [5.41, 5.74) is 1.12. The van der Waals surface area contributed by atoms with Crippen LogP contribution in [0.15, 0.2) is 30.3 Å². The highest BCUT2D eigenvalue weighted by molar-refractivity contribution is 5.69. The van der Waals surface area contributed by atoms with Gasteiger partial charge in [-0.25, -0.2) is 0 Å². The summed E-state index contributed by atoms with van der Waals surface area (Å²) in [4.78, 5) is 11.2. The van der Waals surface area contributed by atoms with Gasteiger partial charge in [-0.1, -0.05) is 37.3 Å². The Bertz CT molecular complexity index is 321. The highest BCUT2D eigenvalue weighted by Crippen LogP contribution is 2.03. The molecule has 0 heterocycles. The van der Waals surface area contributed by atoms with Gasteiger partial charge in [0.2, 0.25) is 0 Å². The van der Waals surface area contributed by atoms with Gasteiger partial charge in [0.25, 0.3) is 0 Å². The molecule has 0 bridgehead atoms. The average molecular weight is 236 g/mol. The van der Waals surface area contributed by atoms with Crippen LogP contribution in [-0.2, 0) is 20.9 Å². The Morgan fingerprint density at radius 3 is 2.65 bits per heavy atom. The van der Waals surface area contributed by atoms with Crippen LogP contribution >= 0.6 is 0 Å². The minimum atomic E-state index is -0.183. The van der Waals surface area contributed by atoms with Gasteiger partial charge in [-0.3, -0.25) is 4.79 Å². The lowest BCUT2D eigenvalue weighted by atomic mass is 10.2. The third-order valence-electron chi connectivity index (χ3n) is 2.25. The monoisotopic (exact) mass is 236 g/mol. The first kappa shape index (κ1) is 13.7. The SMILES string of the molecule is CCCC(=O)O[C@H](C)COCc1ccccc1. The van der Waals surface area contributed by atoms with E-state index in [2.05, 4.69) is 0 Å². The number of carbonyl (C=O) groups excluding carboxylic acids is 1. The molecule has 3 nitrogen and oxygen atoms in total. The van der Waals surface area contributed by atoms with Crippen molar-refractivity contribution in [3.05, 3.63) is 35.9 Å². The molecule has 0 radical (unpaired) electrons. The van der Waals surface area contributed by atoms with Crippen LogP contribution in [0.5, 0.6) is 0 Å². The maximum atomic E-state index is 11.2. The molecule has 0 saturated heterocycles. The summed E-state index contributed by atoms with van der Waals surface area (Å²) in [5, 5.41) is 0. The first-order chi connectivity index (χ1) is 8.22. The third-order valence-corrected chi connectivity index (χ3v) is 2.25.